The molecule has 1 saturated heterocycles. The summed E-state index contributed by atoms with van der Waals surface area (Å²) in [6.07, 6.45) is 0.902. The van der Waals surface area contributed by atoms with E-state index in [2.05, 4.69) is 5.32 Å². The van der Waals surface area contributed by atoms with E-state index in [9.17, 15) is 9.18 Å². The number of carbonyl (C=O) groups is 1. The van der Waals surface area contributed by atoms with E-state index in [0.29, 0.717) is 18.7 Å². The van der Waals surface area contributed by atoms with Crippen LogP contribution in [-0.2, 0) is 11.3 Å². The van der Waals surface area contributed by atoms with Crippen molar-refractivity contribution >= 4 is 11.6 Å². The number of amides is 1. The Hall–Kier alpha value is -1.62. The van der Waals surface area contributed by atoms with E-state index in [4.69, 9.17) is 0 Å². The minimum Gasteiger partial charge on any atom is -0.362 e. The molecule has 1 aromatic rings. The van der Waals surface area contributed by atoms with Crippen LogP contribution in [0.2, 0.25) is 0 Å². The lowest BCUT2D eigenvalue weighted by Crippen LogP contribution is -2.35. The van der Waals surface area contributed by atoms with Crippen LogP contribution in [0.4, 0.5) is 10.1 Å². The standard InChI is InChI=1S/C15H22FN3O/c1-3-17-10-12-13(16)6-4-7-14(12)19-9-5-8-18(2)15(20)11-19/h4,6-7,17H,3,5,8-11H2,1-2H3. The maximum Gasteiger partial charge on any atom is 0.241 e. The van der Waals surface area contributed by atoms with E-state index < -0.39 is 0 Å². The van der Waals surface area contributed by atoms with Crippen molar-refractivity contribution in [2.75, 3.05) is 38.1 Å². The number of anilines is 1. The highest BCUT2D eigenvalue weighted by atomic mass is 19.1. The Morgan fingerprint density at radius 2 is 2.15 bits per heavy atom. The highest BCUT2D eigenvalue weighted by molar-refractivity contribution is 5.82. The monoisotopic (exact) mass is 279 g/mol. The Labute approximate surface area is 119 Å². The van der Waals surface area contributed by atoms with Crippen LogP contribution in [0.3, 0.4) is 0 Å². The Morgan fingerprint density at radius 1 is 1.35 bits per heavy atom. The summed E-state index contributed by atoms with van der Waals surface area (Å²) in [5.74, 6) is -0.130. The van der Waals surface area contributed by atoms with E-state index in [1.807, 2.05) is 24.9 Å². The van der Waals surface area contributed by atoms with Gasteiger partial charge < -0.3 is 15.1 Å². The fourth-order valence-electron chi connectivity index (χ4n) is 2.46. The largest absolute Gasteiger partial charge is 0.362 e. The molecular weight excluding hydrogens is 257 g/mol. The Balaban J connectivity index is 2.26. The number of rotatable bonds is 4. The first-order valence-corrected chi connectivity index (χ1v) is 7.10. The van der Waals surface area contributed by atoms with Crippen LogP contribution in [0.15, 0.2) is 18.2 Å². The first-order chi connectivity index (χ1) is 9.63. The smallest absolute Gasteiger partial charge is 0.241 e. The summed E-state index contributed by atoms with van der Waals surface area (Å²) in [6, 6.07) is 5.08. The average Bonchev–Trinajstić information content (AvgIpc) is 2.60. The van der Waals surface area contributed by atoms with Gasteiger partial charge in [-0.2, -0.15) is 0 Å². The first-order valence-electron chi connectivity index (χ1n) is 7.10. The molecule has 0 radical (unpaired) electrons. The van der Waals surface area contributed by atoms with Crippen LogP contribution in [0.1, 0.15) is 18.9 Å². The van der Waals surface area contributed by atoms with E-state index >= 15 is 0 Å². The minimum atomic E-state index is -0.214. The van der Waals surface area contributed by atoms with Crippen LogP contribution in [0.25, 0.3) is 0 Å². The molecule has 1 heterocycles. The van der Waals surface area contributed by atoms with E-state index in [0.717, 1.165) is 31.7 Å². The molecule has 1 aliphatic rings. The molecule has 1 N–H and O–H groups in total. The molecule has 1 aliphatic heterocycles. The normalized spacial score (nSPS) is 16.4. The lowest BCUT2D eigenvalue weighted by atomic mass is 10.1. The van der Waals surface area contributed by atoms with Gasteiger partial charge in [-0.1, -0.05) is 13.0 Å². The molecule has 5 heteroatoms. The molecule has 0 bridgehead atoms. The number of nitrogens with zero attached hydrogens (tertiary/aromatic N) is 2. The van der Waals surface area contributed by atoms with Crippen molar-refractivity contribution in [2.45, 2.75) is 19.9 Å². The van der Waals surface area contributed by atoms with Gasteiger partial charge in [0.15, 0.2) is 0 Å². The van der Waals surface area contributed by atoms with Crippen LogP contribution < -0.4 is 10.2 Å². The van der Waals surface area contributed by atoms with E-state index in [1.54, 1.807) is 11.0 Å². The van der Waals surface area contributed by atoms with Gasteiger partial charge in [0.1, 0.15) is 5.82 Å². The summed E-state index contributed by atoms with van der Waals surface area (Å²) in [7, 11) is 1.82. The fourth-order valence-corrected chi connectivity index (χ4v) is 2.46. The molecular formula is C15H22FN3O. The topological polar surface area (TPSA) is 35.6 Å². The van der Waals surface area contributed by atoms with Crippen molar-refractivity contribution in [3.63, 3.8) is 0 Å². The quantitative estimate of drug-likeness (QED) is 0.909. The maximum absolute atomic E-state index is 14.0. The van der Waals surface area contributed by atoms with Gasteiger partial charge in [0, 0.05) is 37.9 Å². The third-order valence-corrected chi connectivity index (χ3v) is 3.66. The summed E-state index contributed by atoms with van der Waals surface area (Å²) < 4.78 is 14.0. The van der Waals surface area contributed by atoms with Crippen molar-refractivity contribution in [1.29, 1.82) is 0 Å². The van der Waals surface area contributed by atoms with Crippen molar-refractivity contribution in [3.05, 3.63) is 29.6 Å². The third-order valence-electron chi connectivity index (χ3n) is 3.66. The Bertz CT molecular complexity index is 478. The zero-order valence-corrected chi connectivity index (χ0v) is 12.2. The zero-order valence-electron chi connectivity index (χ0n) is 12.2. The number of benzene rings is 1. The average molecular weight is 279 g/mol. The highest BCUT2D eigenvalue weighted by Crippen LogP contribution is 2.24. The number of halogens is 1. The van der Waals surface area contributed by atoms with Gasteiger partial charge in [-0.3, -0.25) is 4.79 Å². The second-order valence-electron chi connectivity index (χ2n) is 5.11. The number of nitrogens with one attached hydrogen (secondary N) is 1. The summed E-state index contributed by atoms with van der Waals surface area (Å²) >= 11 is 0. The molecule has 0 atom stereocenters. The molecule has 0 unspecified atom stereocenters. The van der Waals surface area contributed by atoms with Gasteiger partial charge in [0.25, 0.3) is 0 Å². The van der Waals surface area contributed by atoms with Crippen LogP contribution in [0.5, 0.6) is 0 Å². The SMILES string of the molecule is CCNCc1c(F)cccc1N1CCCN(C)C(=O)C1. The van der Waals surface area contributed by atoms with Crippen molar-refractivity contribution in [2.24, 2.45) is 0 Å². The molecule has 20 heavy (non-hydrogen) atoms. The molecule has 110 valence electrons. The molecule has 2 rings (SSSR count). The Morgan fingerprint density at radius 3 is 2.90 bits per heavy atom. The molecule has 0 aromatic heterocycles. The lowest BCUT2D eigenvalue weighted by Gasteiger charge is -2.25. The van der Waals surface area contributed by atoms with Gasteiger partial charge in [-0.25, -0.2) is 4.39 Å². The molecule has 0 aliphatic carbocycles. The number of hydrogen-bond acceptors (Lipinski definition) is 3. The third kappa shape index (κ3) is 3.28. The molecule has 1 amide bonds. The summed E-state index contributed by atoms with van der Waals surface area (Å²) in [4.78, 5) is 15.7. The van der Waals surface area contributed by atoms with Gasteiger partial charge >= 0.3 is 0 Å². The zero-order chi connectivity index (χ0) is 14.5. The van der Waals surface area contributed by atoms with Gasteiger partial charge in [-0.15, -0.1) is 0 Å². The second-order valence-corrected chi connectivity index (χ2v) is 5.11. The van der Waals surface area contributed by atoms with Crippen molar-refractivity contribution in [3.8, 4) is 0 Å². The van der Waals surface area contributed by atoms with Crippen LogP contribution >= 0.6 is 0 Å². The molecule has 0 spiro atoms. The van der Waals surface area contributed by atoms with Crippen molar-refractivity contribution in [1.82, 2.24) is 10.2 Å². The summed E-state index contributed by atoms with van der Waals surface area (Å²) in [5, 5.41) is 3.16. The summed E-state index contributed by atoms with van der Waals surface area (Å²) in [6.45, 7) is 5.12. The maximum atomic E-state index is 14.0. The molecule has 1 fully saturated rings. The predicted octanol–water partition coefficient (Wildman–Crippen LogP) is 1.60. The van der Waals surface area contributed by atoms with Gasteiger partial charge in [0.05, 0.1) is 6.54 Å². The molecule has 1 aromatic carbocycles. The summed E-state index contributed by atoms with van der Waals surface area (Å²) in [5.41, 5.74) is 1.47. The van der Waals surface area contributed by atoms with Gasteiger partial charge in [-0.05, 0) is 25.1 Å². The highest BCUT2D eigenvalue weighted by Gasteiger charge is 2.21. The first kappa shape index (κ1) is 14.8. The Kier molecular flexibility index (Phi) is 4.95. The number of hydrogen-bond donors (Lipinski definition) is 1. The fraction of sp³-hybridized carbons (Fsp3) is 0.533. The molecule has 0 saturated carbocycles. The lowest BCUT2D eigenvalue weighted by molar-refractivity contribution is -0.127. The minimum absolute atomic E-state index is 0.0844. The van der Waals surface area contributed by atoms with E-state index in [1.165, 1.54) is 6.07 Å². The van der Waals surface area contributed by atoms with Gasteiger partial charge in [0.2, 0.25) is 5.91 Å². The number of likely N-dealkylation sites (N-methyl/N-ethyl adjacent to an activating group) is 1. The van der Waals surface area contributed by atoms with Crippen LogP contribution in [-0.4, -0.2) is 44.0 Å². The number of carbonyl (C=O) groups excluding carboxylic acids is 1. The predicted molar refractivity (Wildman–Crippen MR) is 78.2 cm³/mol. The van der Waals surface area contributed by atoms with Crippen LogP contribution in [0, 0.1) is 5.82 Å². The molecule has 4 nitrogen and oxygen atoms in total. The van der Waals surface area contributed by atoms with Crippen molar-refractivity contribution < 1.29 is 9.18 Å². The van der Waals surface area contributed by atoms with E-state index in [-0.39, 0.29) is 11.7 Å². The second kappa shape index (κ2) is 6.70.